The minimum absolute atomic E-state index is 0. The zero-order valence-electron chi connectivity index (χ0n) is 3.46. The Morgan fingerprint density at radius 3 is 1.67 bits per heavy atom. The maximum Gasteiger partial charge on any atom is 0.170 e. The van der Waals surface area contributed by atoms with Gasteiger partial charge in [0.15, 0.2) is 6.29 Å². The molecular formula is C3H9NO2. The molecule has 0 aromatic carbocycles. The molecule has 0 aromatic heterocycles. The van der Waals surface area contributed by atoms with Crippen molar-refractivity contribution in [2.24, 2.45) is 0 Å². The minimum atomic E-state index is -1.35. The van der Waals surface area contributed by atoms with Crippen LogP contribution in [0.4, 0.5) is 0 Å². The molecule has 0 rings (SSSR count). The second kappa shape index (κ2) is 4.62. The standard InChI is InChI=1S/C3H6O2.H3N/c1-2-3(4)5;/h2-5H,1H2;1H3. The average molecular weight is 91.1 g/mol. The Balaban J connectivity index is 0. The molecule has 3 nitrogen and oxygen atoms in total. The molecule has 0 aliphatic rings. The van der Waals surface area contributed by atoms with E-state index >= 15 is 0 Å². The summed E-state index contributed by atoms with van der Waals surface area (Å²) in [5, 5.41) is 15.6. The van der Waals surface area contributed by atoms with Gasteiger partial charge < -0.3 is 16.4 Å². The van der Waals surface area contributed by atoms with E-state index in [4.69, 9.17) is 10.2 Å². The lowest BCUT2D eigenvalue weighted by Gasteiger charge is -1.84. The van der Waals surface area contributed by atoms with E-state index < -0.39 is 6.29 Å². The highest BCUT2D eigenvalue weighted by Crippen LogP contribution is 1.67. The van der Waals surface area contributed by atoms with Crippen molar-refractivity contribution in [2.75, 3.05) is 0 Å². The third kappa shape index (κ3) is 9.47. The summed E-state index contributed by atoms with van der Waals surface area (Å²) in [6.07, 6.45) is -0.324. The maximum absolute atomic E-state index is 7.80. The van der Waals surface area contributed by atoms with Crippen LogP contribution in [0.3, 0.4) is 0 Å². The number of aliphatic hydroxyl groups excluding tert-OH is 1. The second-order valence-electron chi connectivity index (χ2n) is 0.649. The van der Waals surface area contributed by atoms with E-state index in [1.807, 2.05) is 0 Å². The molecule has 0 aliphatic carbocycles. The molecule has 0 aromatic rings. The second-order valence-corrected chi connectivity index (χ2v) is 0.649. The van der Waals surface area contributed by atoms with Crippen molar-refractivity contribution in [1.29, 1.82) is 0 Å². The fraction of sp³-hybridized carbons (Fsp3) is 0.333. The molecule has 0 fully saturated rings. The van der Waals surface area contributed by atoms with E-state index in [1.165, 1.54) is 0 Å². The lowest BCUT2D eigenvalue weighted by Crippen LogP contribution is -1.95. The van der Waals surface area contributed by atoms with Crippen molar-refractivity contribution in [1.82, 2.24) is 6.15 Å². The van der Waals surface area contributed by atoms with Gasteiger partial charge in [0.05, 0.1) is 0 Å². The smallest absolute Gasteiger partial charge is 0.170 e. The Labute approximate surface area is 36.5 Å². The zero-order chi connectivity index (χ0) is 4.28. The molecule has 0 saturated carbocycles. The molecule has 5 N–H and O–H groups in total. The van der Waals surface area contributed by atoms with Crippen LogP contribution in [0.5, 0.6) is 0 Å². The van der Waals surface area contributed by atoms with Gasteiger partial charge in [-0.2, -0.15) is 0 Å². The van der Waals surface area contributed by atoms with Gasteiger partial charge in [0.25, 0.3) is 0 Å². The van der Waals surface area contributed by atoms with Crippen LogP contribution >= 0.6 is 0 Å². The van der Waals surface area contributed by atoms with Gasteiger partial charge in [-0.25, -0.2) is 0 Å². The summed E-state index contributed by atoms with van der Waals surface area (Å²) in [5.74, 6) is 0. The van der Waals surface area contributed by atoms with Gasteiger partial charge in [-0.1, -0.05) is 6.58 Å². The topological polar surface area (TPSA) is 75.5 Å². The third-order valence-electron chi connectivity index (χ3n) is 0.211. The summed E-state index contributed by atoms with van der Waals surface area (Å²) in [5.41, 5.74) is 0. The molecule has 0 radical (unpaired) electrons. The monoisotopic (exact) mass is 91.1 g/mol. The zero-order valence-corrected chi connectivity index (χ0v) is 3.46. The first kappa shape index (κ1) is 9.15. The molecule has 0 aliphatic heterocycles. The van der Waals surface area contributed by atoms with Crippen LogP contribution in [0.25, 0.3) is 0 Å². The first-order valence-corrected chi connectivity index (χ1v) is 1.26. The molecular weight excluding hydrogens is 82.0 g/mol. The quantitative estimate of drug-likeness (QED) is 0.305. The van der Waals surface area contributed by atoms with Crippen LogP contribution < -0.4 is 6.15 Å². The first-order chi connectivity index (χ1) is 2.27. The molecule has 0 saturated heterocycles. The number of aliphatic hydroxyl groups is 2. The van der Waals surface area contributed by atoms with E-state index in [9.17, 15) is 0 Å². The Kier molecular flexibility index (Phi) is 7.05. The van der Waals surface area contributed by atoms with Crippen LogP contribution in [0.15, 0.2) is 12.7 Å². The summed E-state index contributed by atoms with van der Waals surface area (Å²) in [4.78, 5) is 0. The van der Waals surface area contributed by atoms with Gasteiger partial charge >= 0.3 is 0 Å². The highest BCUT2D eigenvalue weighted by Gasteiger charge is 1.76. The average Bonchev–Trinajstić information content (AvgIpc) is 1.38. The first-order valence-electron chi connectivity index (χ1n) is 1.26. The SMILES string of the molecule is C=CC(O)O.N. The normalized spacial score (nSPS) is 7.17. The predicted octanol–water partition coefficient (Wildman–Crippen LogP) is -0.355. The highest BCUT2D eigenvalue weighted by molar-refractivity contribution is 4.66. The van der Waals surface area contributed by atoms with Crippen molar-refractivity contribution < 1.29 is 10.2 Å². The molecule has 3 heteroatoms. The highest BCUT2D eigenvalue weighted by atomic mass is 16.5. The predicted molar refractivity (Wildman–Crippen MR) is 23.4 cm³/mol. The number of hydrogen-bond acceptors (Lipinski definition) is 3. The van der Waals surface area contributed by atoms with Crippen LogP contribution in [0.1, 0.15) is 0 Å². The van der Waals surface area contributed by atoms with Gasteiger partial charge in [0.2, 0.25) is 0 Å². The van der Waals surface area contributed by atoms with Gasteiger partial charge in [-0.3, -0.25) is 0 Å². The van der Waals surface area contributed by atoms with Crippen LogP contribution in [-0.2, 0) is 0 Å². The summed E-state index contributed by atoms with van der Waals surface area (Å²) in [7, 11) is 0. The van der Waals surface area contributed by atoms with E-state index in [0.717, 1.165) is 6.08 Å². The van der Waals surface area contributed by atoms with Gasteiger partial charge in [0, 0.05) is 0 Å². The summed E-state index contributed by atoms with van der Waals surface area (Å²) >= 11 is 0. The Bertz CT molecular complexity index is 35.8. The molecule has 0 amide bonds. The minimum Gasteiger partial charge on any atom is -0.365 e. The van der Waals surface area contributed by atoms with Crippen LogP contribution in [-0.4, -0.2) is 16.5 Å². The number of rotatable bonds is 1. The molecule has 0 bridgehead atoms. The molecule has 0 heterocycles. The van der Waals surface area contributed by atoms with Gasteiger partial charge in [0.1, 0.15) is 0 Å². The van der Waals surface area contributed by atoms with Crippen LogP contribution in [0, 0.1) is 0 Å². The lowest BCUT2D eigenvalue weighted by molar-refractivity contribution is 0.00266. The van der Waals surface area contributed by atoms with Crippen molar-refractivity contribution in [3.63, 3.8) is 0 Å². The van der Waals surface area contributed by atoms with Crippen LogP contribution in [0.2, 0.25) is 0 Å². The fourth-order valence-corrected chi connectivity index (χ4v) is 0. The van der Waals surface area contributed by atoms with Crippen molar-refractivity contribution in [3.8, 4) is 0 Å². The summed E-state index contributed by atoms with van der Waals surface area (Å²) in [6.45, 7) is 3.06. The third-order valence-corrected chi connectivity index (χ3v) is 0.211. The number of hydrogen-bond donors (Lipinski definition) is 3. The van der Waals surface area contributed by atoms with Crippen molar-refractivity contribution >= 4 is 0 Å². The van der Waals surface area contributed by atoms with E-state index in [2.05, 4.69) is 6.58 Å². The maximum atomic E-state index is 7.80. The largest absolute Gasteiger partial charge is 0.365 e. The summed E-state index contributed by atoms with van der Waals surface area (Å²) in [6, 6.07) is 0. The van der Waals surface area contributed by atoms with E-state index in [1.54, 1.807) is 0 Å². The molecule has 0 unspecified atom stereocenters. The van der Waals surface area contributed by atoms with Crippen molar-refractivity contribution in [3.05, 3.63) is 12.7 Å². The van der Waals surface area contributed by atoms with E-state index in [-0.39, 0.29) is 6.15 Å². The Hall–Kier alpha value is -0.380. The van der Waals surface area contributed by atoms with E-state index in [0.29, 0.717) is 0 Å². The lowest BCUT2D eigenvalue weighted by atomic mass is 10.6. The molecule has 6 heavy (non-hydrogen) atoms. The molecule has 38 valence electrons. The van der Waals surface area contributed by atoms with Gasteiger partial charge in [-0.05, 0) is 6.08 Å². The summed E-state index contributed by atoms with van der Waals surface area (Å²) < 4.78 is 0. The molecule has 0 spiro atoms. The van der Waals surface area contributed by atoms with Gasteiger partial charge in [-0.15, -0.1) is 0 Å². The molecule has 0 atom stereocenters. The fourth-order valence-electron chi connectivity index (χ4n) is 0. The van der Waals surface area contributed by atoms with Crippen molar-refractivity contribution in [2.45, 2.75) is 6.29 Å². The Morgan fingerprint density at radius 2 is 1.67 bits per heavy atom. The Morgan fingerprint density at radius 1 is 1.50 bits per heavy atom.